The summed E-state index contributed by atoms with van der Waals surface area (Å²) in [6.07, 6.45) is 1.17. The second kappa shape index (κ2) is 8.69. The molecule has 35 heavy (non-hydrogen) atoms. The Morgan fingerprint density at radius 1 is 0.857 bits per heavy atom. The number of ether oxygens (including phenoxy) is 2. The van der Waals surface area contributed by atoms with Crippen molar-refractivity contribution in [1.29, 1.82) is 0 Å². The molecule has 2 aliphatic heterocycles. The molecular weight excluding hydrogens is 448 g/mol. The molecule has 5 atom stereocenters. The van der Waals surface area contributed by atoms with Crippen molar-refractivity contribution in [3.05, 3.63) is 77.5 Å². The molecule has 1 aliphatic carbocycles. The molecule has 0 spiro atoms. The largest absolute Gasteiger partial charge is 0.469 e. The maximum absolute atomic E-state index is 13.9. The Labute approximate surface area is 203 Å². The fraction of sp³-hybridized carbons (Fsp3) is 0.333. The van der Waals surface area contributed by atoms with Crippen LogP contribution in [-0.2, 0) is 23.9 Å². The number of esters is 1. The number of methoxy groups -OCH3 is 2. The Morgan fingerprint density at radius 2 is 1.49 bits per heavy atom. The van der Waals surface area contributed by atoms with Gasteiger partial charge in [0.1, 0.15) is 0 Å². The van der Waals surface area contributed by atoms with Gasteiger partial charge in [-0.3, -0.25) is 24.2 Å². The number of carbonyl (C=O) groups is 4. The first-order valence-electron chi connectivity index (χ1n) is 11.6. The van der Waals surface area contributed by atoms with Gasteiger partial charge >= 0.3 is 12.1 Å². The molecule has 180 valence electrons. The Hall–Kier alpha value is -3.94. The van der Waals surface area contributed by atoms with Crippen molar-refractivity contribution < 1.29 is 28.7 Å². The lowest BCUT2D eigenvalue weighted by atomic mass is 9.65. The Bertz CT molecular complexity index is 1240. The number of imide groups is 1. The summed E-state index contributed by atoms with van der Waals surface area (Å²) in [5.41, 5.74) is 2.67. The lowest BCUT2D eigenvalue weighted by Gasteiger charge is -2.47. The number of fused-ring (bicyclic) bond motifs is 5. The van der Waals surface area contributed by atoms with E-state index in [2.05, 4.69) is 0 Å². The maximum atomic E-state index is 13.9. The van der Waals surface area contributed by atoms with E-state index in [0.29, 0.717) is 11.4 Å². The van der Waals surface area contributed by atoms with E-state index in [0.717, 1.165) is 11.1 Å². The minimum Gasteiger partial charge on any atom is -0.469 e. The predicted molar refractivity (Wildman–Crippen MR) is 126 cm³/mol. The van der Waals surface area contributed by atoms with E-state index in [1.54, 1.807) is 24.3 Å². The van der Waals surface area contributed by atoms with E-state index in [1.807, 2.05) is 43.3 Å². The number of anilines is 1. The summed E-state index contributed by atoms with van der Waals surface area (Å²) in [5.74, 6) is -3.11. The quantitative estimate of drug-likeness (QED) is 0.496. The molecule has 1 saturated heterocycles. The van der Waals surface area contributed by atoms with Crippen molar-refractivity contribution in [1.82, 2.24) is 4.90 Å². The average Bonchev–Trinajstić information content (AvgIpc) is 3.14. The van der Waals surface area contributed by atoms with E-state index in [9.17, 15) is 19.2 Å². The van der Waals surface area contributed by atoms with Crippen LogP contribution in [0.15, 0.2) is 66.4 Å². The van der Waals surface area contributed by atoms with Gasteiger partial charge in [0.25, 0.3) is 0 Å². The average molecular weight is 475 g/mol. The van der Waals surface area contributed by atoms with Crippen LogP contribution in [0.4, 0.5) is 10.5 Å². The second-order valence-electron chi connectivity index (χ2n) is 9.09. The van der Waals surface area contributed by atoms with E-state index in [4.69, 9.17) is 9.47 Å². The molecule has 0 aromatic heterocycles. The first-order valence-corrected chi connectivity index (χ1v) is 11.6. The number of hydrogen-bond acceptors (Lipinski definition) is 6. The monoisotopic (exact) mass is 474 g/mol. The zero-order chi connectivity index (χ0) is 24.9. The van der Waals surface area contributed by atoms with Gasteiger partial charge in [-0.05, 0) is 29.2 Å². The summed E-state index contributed by atoms with van der Waals surface area (Å²) in [5, 5.41) is 0. The van der Waals surface area contributed by atoms with Crippen LogP contribution in [0.5, 0.6) is 0 Å². The standard InChI is InChI=1S/C27H26N2O6/c1-15-13-20-23(24-22(15)25(31)28(26(24)32)16-9-5-4-6-10-16)18-12-8-7-11-17(18)19(14-21(30)34-2)29(20)27(33)35-3/h4-13,15,19,22-24H,14H2,1-3H3/t15-,19+,22-,23-,24-/m1/s1. The van der Waals surface area contributed by atoms with Gasteiger partial charge in [0.2, 0.25) is 11.8 Å². The molecule has 5 rings (SSSR count). The van der Waals surface area contributed by atoms with Crippen molar-refractivity contribution in [2.75, 3.05) is 19.1 Å². The molecule has 8 nitrogen and oxygen atoms in total. The van der Waals surface area contributed by atoms with Crippen LogP contribution >= 0.6 is 0 Å². The van der Waals surface area contributed by atoms with Gasteiger partial charge in [0, 0.05) is 11.6 Å². The van der Waals surface area contributed by atoms with Crippen molar-refractivity contribution >= 4 is 29.6 Å². The van der Waals surface area contributed by atoms with Crippen molar-refractivity contribution in [3.63, 3.8) is 0 Å². The molecule has 8 heteroatoms. The summed E-state index contributed by atoms with van der Waals surface area (Å²) >= 11 is 0. The summed E-state index contributed by atoms with van der Waals surface area (Å²) < 4.78 is 10.0. The third-order valence-electron chi connectivity index (χ3n) is 7.33. The first-order chi connectivity index (χ1) is 16.9. The molecule has 0 radical (unpaired) electrons. The highest BCUT2D eigenvalue weighted by Crippen LogP contribution is 2.56. The van der Waals surface area contributed by atoms with E-state index in [1.165, 1.54) is 24.0 Å². The third-order valence-corrected chi connectivity index (χ3v) is 7.33. The molecule has 0 N–H and O–H groups in total. The van der Waals surface area contributed by atoms with E-state index < -0.39 is 35.9 Å². The molecule has 1 fully saturated rings. The third kappa shape index (κ3) is 3.43. The van der Waals surface area contributed by atoms with Gasteiger partial charge in [-0.25, -0.2) is 4.79 Å². The topological polar surface area (TPSA) is 93.2 Å². The SMILES string of the molecule is COC(=O)C[C@H]1c2ccccc2[C@@H]2C(=C[C@@H](C)[C@H]3C(=O)N(c4ccccc4)C(=O)[C@H]32)N1C(=O)OC. The first kappa shape index (κ1) is 22.8. The van der Waals surface area contributed by atoms with Crippen molar-refractivity contribution in [2.45, 2.75) is 25.3 Å². The number of hydrogen-bond donors (Lipinski definition) is 0. The van der Waals surface area contributed by atoms with Gasteiger partial charge in [-0.2, -0.15) is 0 Å². The number of para-hydroxylation sites is 1. The summed E-state index contributed by atoms with van der Waals surface area (Å²) in [6.45, 7) is 1.88. The summed E-state index contributed by atoms with van der Waals surface area (Å²) in [7, 11) is 2.58. The lowest BCUT2D eigenvalue weighted by molar-refractivity contribution is -0.142. The molecule has 2 aromatic carbocycles. The molecule has 0 bridgehead atoms. The molecule has 2 aromatic rings. The van der Waals surface area contributed by atoms with Crippen LogP contribution in [0.25, 0.3) is 0 Å². The van der Waals surface area contributed by atoms with E-state index in [-0.39, 0.29) is 24.2 Å². The highest BCUT2D eigenvalue weighted by molar-refractivity contribution is 6.22. The number of rotatable bonds is 3. The molecule has 0 unspecified atom stereocenters. The van der Waals surface area contributed by atoms with Crippen molar-refractivity contribution in [3.8, 4) is 0 Å². The molecule has 2 heterocycles. The molecule has 0 saturated carbocycles. The Balaban J connectivity index is 1.69. The number of nitrogens with zero attached hydrogens (tertiary/aromatic N) is 2. The van der Waals surface area contributed by atoms with Crippen LogP contribution in [0.1, 0.15) is 36.4 Å². The van der Waals surface area contributed by atoms with Gasteiger partial charge < -0.3 is 9.47 Å². The Morgan fingerprint density at radius 3 is 2.14 bits per heavy atom. The fourth-order valence-corrected chi connectivity index (χ4v) is 5.88. The van der Waals surface area contributed by atoms with Crippen LogP contribution in [0.3, 0.4) is 0 Å². The zero-order valence-corrected chi connectivity index (χ0v) is 19.7. The van der Waals surface area contributed by atoms with Crippen LogP contribution < -0.4 is 4.90 Å². The number of benzene rings is 2. The summed E-state index contributed by atoms with van der Waals surface area (Å²) in [4.78, 5) is 55.6. The lowest BCUT2D eigenvalue weighted by Crippen LogP contribution is -2.47. The maximum Gasteiger partial charge on any atom is 0.414 e. The number of allylic oxidation sites excluding steroid dienone is 2. The fourth-order valence-electron chi connectivity index (χ4n) is 5.88. The molecular formula is C27H26N2O6. The van der Waals surface area contributed by atoms with Crippen molar-refractivity contribution in [2.24, 2.45) is 17.8 Å². The minimum absolute atomic E-state index is 0.0713. The van der Waals surface area contributed by atoms with Gasteiger partial charge in [-0.15, -0.1) is 0 Å². The van der Waals surface area contributed by atoms with Crippen LogP contribution in [-0.4, -0.2) is 43.0 Å². The minimum atomic E-state index is -0.690. The van der Waals surface area contributed by atoms with Gasteiger partial charge in [-0.1, -0.05) is 55.5 Å². The highest BCUT2D eigenvalue weighted by atomic mass is 16.5. The molecule has 3 amide bonds. The number of amides is 3. The van der Waals surface area contributed by atoms with Crippen LogP contribution in [0.2, 0.25) is 0 Å². The zero-order valence-electron chi connectivity index (χ0n) is 19.7. The van der Waals surface area contributed by atoms with Gasteiger partial charge in [0.05, 0.1) is 44.2 Å². The smallest absolute Gasteiger partial charge is 0.414 e. The summed E-state index contributed by atoms with van der Waals surface area (Å²) in [6, 6.07) is 15.7. The highest BCUT2D eigenvalue weighted by Gasteiger charge is 2.59. The predicted octanol–water partition coefficient (Wildman–Crippen LogP) is 3.80. The van der Waals surface area contributed by atoms with E-state index >= 15 is 0 Å². The molecule has 3 aliphatic rings. The normalized spacial score (nSPS) is 26.9. The second-order valence-corrected chi connectivity index (χ2v) is 9.09. The number of carbonyl (C=O) groups excluding carboxylic acids is 4. The van der Waals surface area contributed by atoms with Gasteiger partial charge in [0.15, 0.2) is 0 Å². The van der Waals surface area contributed by atoms with Crippen LogP contribution in [0, 0.1) is 17.8 Å². The Kier molecular flexibility index (Phi) is 5.67.